The highest BCUT2D eigenvalue weighted by molar-refractivity contribution is 5.79. The molecule has 2 fully saturated rings. The molecule has 0 radical (unpaired) electrons. The van der Waals surface area contributed by atoms with Crippen LogP contribution in [0.3, 0.4) is 0 Å². The molecule has 0 spiro atoms. The van der Waals surface area contributed by atoms with Crippen LogP contribution in [0.1, 0.15) is 32.6 Å². The first-order chi connectivity index (χ1) is 7.20. The molecule has 2 aliphatic rings. The molecule has 15 heavy (non-hydrogen) atoms. The average Bonchev–Trinajstić information content (AvgIpc) is 3.11. The molecule has 1 aliphatic heterocycles. The number of rotatable bonds is 3. The molecule has 86 valence electrons. The molecule has 1 aliphatic carbocycles. The lowest BCUT2D eigenvalue weighted by Gasteiger charge is -2.33. The second-order valence-corrected chi connectivity index (χ2v) is 5.08. The highest BCUT2D eigenvalue weighted by Crippen LogP contribution is 2.37. The molecule has 0 aromatic carbocycles. The number of carbonyl (C=O) groups is 1. The lowest BCUT2D eigenvalue weighted by molar-refractivity contribution is -0.136. The van der Waals surface area contributed by atoms with Crippen LogP contribution < -0.4 is 5.32 Å². The SMILES string of the molecule is CC(C(=O)N(C)C1CCCNC1)C1CC1. The van der Waals surface area contributed by atoms with Crippen LogP contribution in [0, 0.1) is 11.8 Å². The van der Waals surface area contributed by atoms with Crippen LogP contribution in [-0.2, 0) is 4.79 Å². The van der Waals surface area contributed by atoms with Gasteiger partial charge in [0.05, 0.1) is 0 Å². The summed E-state index contributed by atoms with van der Waals surface area (Å²) < 4.78 is 0. The van der Waals surface area contributed by atoms with Gasteiger partial charge in [-0.3, -0.25) is 4.79 Å². The minimum absolute atomic E-state index is 0.247. The average molecular weight is 210 g/mol. The van der Waals surface area contributed by atoms with E-state index in [1.807, 2.05) is 11.9 Å². The zero-order valence-corrected chi connectivity index (χ0v) is 9.83. The fourth-order valence-electron chi connectivity index (χ4n) is 2.46. The predicted molar refractivity (Wildman–Crippen MR) is 60.5 cm³/mol. The normalized spacial score (nSPS) is 28.5. The zero-order chi connectivity index (χ0) is 10.8. The molecule has 1 heterocycles. The van der Waals surface area contributed by atoms with Crippen molar-refractivity contribution in [2.75, 3.05) is 20.1 Å². The van der Waals surface area contributed by atoms with Gasteiger partial charge in [-0.1, -0.05) is 6.92 Å². The standard InChI is InChI=1S/C12H22N2O/c1-9(10-5-6-10)12(15)14(2)11-4-3-7-13-8-11/h9-11,13H,3-8H2,1-2H3. The van der Waals surface area contributed by atoms with Gasteiger partial charge in [0.15, 0.2) is 0 Å². The molecule has 0 bridgehead atoms. The Hall–Kier alpha value is -0.570. The fraction of sp³-hybridized carbons (Fsp3) is 0.917. The predicted octanol–water partition coefficient (Wildman–Crippen LogP) is 1.24. The molecular weight excluding hydrogens is 188 g/mol. The smallest absolute Gasteiger partial charge is 0.225 e. The molecule has 0 aromatic rings. The van der Waals surface area contributed by atoms with Crippen LogP contribution in [0.15, 0.2) is 0 Å². The first kappa shape index (κ1) is 10.9. The molecule has 2 unspecified atom stereocenters. The van der Waals surface area contributed by atoms with Crippen LogP contribution in [-0.4, -0.2) is 37.0 Å². The quantitative estimate of drug-likeness (QED) is 0.760. The highest BCUT2D eigenvalue weighted by Gasteiger charge is 2.35. The maximum absolute atomic E-state index is 12.1. The molecule has 1 amide bonds. The topological polar surface area (TPSA) is 32.3 Å². The minimum Gasteiger partial charge on any atom is -0.341 e. The van der Waals surface area contributed by atoms with Crippen molar-refractivity contribution in [3.63, 3.8) is 0 Å². The van der Waals surface area contributed by atoms with E-state index in [-0.39, 0.29) is 5.92 Å². The molecule has 3 nitrogen and oxygen atoms in total. The Labute approximate surface area is 92.2 Å². The van der Waals surface area contributed by atoms with Crippen molar-refractivity contribution in [3.8, 4) is 0 Å². The number of carbonyl (C=O) groups excluding carboxylic acids is 1. The summed E-state index contributed by atoms with van der Waals surface area (Å²) in [6.07, 6.45) is 4.86. The van der Waals surface area contributed by atoms with Gasteiger partial charge in [0.1, 0.15) is 0 Å². The fourth-order valence-corrected chi connectivity index (χ4v) is 2.46. The summed E-state index contributed by atoms with van der Waals surface area (Å²) >= 11 is 0. The van der Waals surface area contributed by atoms with Gasteiger partial charge in [-0.25, -0.2) is 0 Å². The van der Waals surface area contributed by atoms with Crippen molar-refractivity contribution in [2.24, 2.45) is 11.8 Å². The maximum Gasteiger partial charge on any atom is 0.225 e. The first-order valence-electron chi connectivity index (χ1n) is 6.17. The number of nitrogens with one attached hydrogen (secondary N) is 1. The Kier molecular flexibility index (Phi) is 3.29. The van der Waals surface area contributed by atoms with Crippen LogP contribution in [0.2, 0.25) is 0 Å². The number of amides is 1. The van der Waals surface area contributed by atoms with Crippen LogP contribution in [0.4, 0.5) is 0 Å². The zero-order valence-electron chi connectivity index (χ0n) is 9.83. The molecule has 2 atom stereocenters. The molecule has 0 aromatic heterocycles. The Balaban J connectivity index is 1.87. The molecule has 1 saturated heterocycles. The summed E-state index contributed by atoms with van der Waals surface area (Å²) in [7, 11) is 1.97. The maximum atomic E-state index is 12.1. The third-order valence-corrected chi connectivity index (χ3v) is 3.88. The van der Waals surface area contributed by atoms with Gasteiger partial charge in [-0.05, 0) is 38.1 Å². The molecule has 3 heteroatoms. The molecule has 1 saturated carbocycles. The minimum atomic E-state index is 0.247. The van der Waals surface area contributed by atoms with Gasteiger partial charge < -0.3 is 10.2 Å². The van der Waals surface area contributed by atoms with Crippen LogP contribution in [0.25, 0.3) is 0 Å². The lowest BCUT2D eigenvalue weighted by Crippen LogP contribution is -2.48. The van der Waals surface area contributed by atoms with E-state index in [0.717, 1.165) is 19.5 Å². The van der Waals surface area contributed by atoms with E-state index in [1.165, 1.54) is 19.3 Å². The third-order valence-electron chi connectivity index (χ3n) is 3.88. The van der Waals surface area contributed by atoms with E-state index < -0.39 is 0 Å². The van der Waals surface area contributed by atoms with Gasteiger partial charge in [0.25, 0.3) is 0 Å². The monoisotopic (exact) mass is 210 g/mol. The second kappa shape index (κ2) is 4.52. The van der Waals surface area contributed by atoms with Crippen LogP contribution in [0.5, 0.6) is 0 Å². The largest absolute Gasteiger partial charge is 0.341 e. The Morgan fingerprint density at radius 2 is 2.13 bits per heavy atom. The van der Waals surface area contributed by atoms with E-state index in [1.54, 1.807) is 0 Å². The van der Waals surface area contributed by atoms with Crippen molar-refractivity contribution >= 4 is 5.91 Å². The summed E-state index contributed by atoms with van der Waals surface area (Å²) in [6.45, 7) is 4.17. The van der Waals surface area contributed by atoms with Crippen molar-refractivity contribution in [1.29, 1.82) is 0 Å². The highest BCUT2D eigenvalue weighted by atomic mass is 16.2. The van der Waals surface area contributed by atoms with Crippen molar-refractivity contribution < 1.29 is 4.79 Å². The first-order valence-corrected chi connectivity index (χ1v) is 6.17. The van der Waals surface area contributed by atoms with Gasteiger partial charge in [0, 0.05) is 25.6 Å². The second-order valence-electron chi connectivity index (χ2n) is 5.08. The number of hydrogen-bond acceptors (Lipinski definition) is 2. The van der Waals surface area contributed by atoms with E-state index in [4.69, 9.17) is 0 Å². The lowest BCUT2D eigenvalue weighted by atomic mass is 10.0. The molecule has 1 N–H and O–H groups in total. The number of piperidine rings is 1. The number of nitrogens with zero attached hydrogens (tertiary/aromatic N) is 1. The summed E-state index contributed by atoms with van der Waals surface area (Å²) in [4.78, 5) is 14.1. The van der Waals surface area contributed by atoms with Gasteiger partial charge >= 0.3 is 0 Å². The summed E-state index contributed by atoms with van der Waals surface area (Å²) in [6, 6.07) is 0.424. The number of hydrogen-bond donors (Lipinski definition) is 1. The Morgan fingerprint density at radius 3 is 2.67 bits per heavy atom. The van der Waals surface area contributed by atoms with Gasteiger partial charge in [0.2, 0.25) is 5.91 Å². The summed E-state index contributed by atoms with van der Waals surface area (Å²) in [5.41, 5.74) is 0. The van der Waals surface area contributed by atoms with Crippen LogP contribution >= 0.6 is 0 Å². The van der Waals surface area contributed by atoms with Gasteiger partial charge in [-0.15, -0.1) is 0 Å². The van der Waals surface area contributed by atoms with E-state index in [0.29, 0.717) is 17.9 Å². The number of likely N-dealkylation sites (N-methyl/N-ethyl adjacent to an activating group) is 1. The summed E-state index contributed by atoms with van der Waals surface area (Å²) in [5.74, 6) is 1.28. The Morgan fingerprint density at radius 1 is 1.40 bits per heavy atom. The summed E-state index contributed by atoms with van der Waals surface area (Å²) in [5, 5.41) is 3.36. The molecular formula is C12H22N2O. The van der Waals surface area contributed by atoms with Crippen molar-refractivity contribution in [1.82, 2.24) is 10.2 Å². The van der Waals surface area contributed by atoms with E-state index >= 15 is 0 Å². The molecule has 2 rings (SSSR count). The Bertz CT molecular complexity index is 232. The third kappa shape index (κ3) is 2.51. The van der Waals surface area contributed by atoms with Crippen molar-refractivity contribution in [3.05, 3.63) is 0 Å². The van der Waals surface area contributed by atoms with E-state index in [9.17, 15) is 4.79 Å². The van der Waals surface area contributed by atoms with E-state index in [2.05, 4.69) is 12.2 Å². The van der Waals surface area contributed by atoms with Crippen molar-refractivity contribution in [2.45, 2.75) is 38.6 Å². The van der Waals surface area contributed by atoms with Gasteiger partial charge in [-0.2, -0.15) is 0 Å².